The van der Waals surface area contributed by atoms with E-state index < -0.39 is 0 Å². The van der Waals surface area contributed by atoms with Crippen molar-refractivity contribution < 1.29 is 4.79 Å². The fraction of sp³-hybridized carbons (Fsp3) is 0.364. The summed E-state index contributed by atoms with van der Waals surface area (Å²) >= 11 is 9.32. The maximum absolute atomic E-state index is 12.0. The van der Waals surface area contributed by atoms with E-state index in [0.717, 1.165) is 16.7 Å². The van der Waals surface area contributed by atoms with Gasteiger partial charge in [-0.05, 0) is 22.9 Å². The molecule has 0 aromatic carbocycles. The van der Waals surface area contributed by atoms with Gasteiger partial charge in [0, 0.05) is 19.8 Å². The molecule has 8 heteroatoms. The van der Waals surface area contributed by atoms with Gasteiger partial charge < -0.3 is 5.32 Å². The molecule has 6 nitrogen and oxygen atoms in total. The number of carbonyl (C=O) groups is 1. The van der Waals surface area contributed by atoms with Gasteiger partial charge in [0.2, 0.25) is 0 Å². The molecule has 0 saturated carbocycles. The molecule has 0 unspecified atom stereocenters. The van der Waals surface area contributed by atoms with Crippen LogP contribution in [0.25, 0.3) is 0 Å². The molecule has 0 aliphatic rings. The molecule has 19 heavy (non-hydrogen) atoms. The van der Waals surface area contributed by atoms with Gasteiger partial charge in [-0.1, -0.05) is 11.6 Å². The van der Waals surface area contributed by atoms with E-state index in [1.807, 2.05) is 11.6 Å². The SMILES string of the molecule is CCn1ncc(Br)c1CNC(=O)c1nn(C)cc1Cl. The summed E-state index contributed by atoms with van der Waals surface area (Å²) in [7, 11) is 1.71. The predicted octanol–water partition coefficient (Wildman–Crippen LogP) is 1.98. The molecule has 0 saturated heterocycles. The molecule has 102 valence electrons. The van der Waals surface area contributed by atoms with Crippen molar-refractivity contribution in [3.8, 4) is 0 Å². The van der Waals surface area contributed by atoms with E-state index >= 15 is 0 Å². The molecule has 0 atom stereocenters. The van der Waals surface area contributed by atoms with E-state index in [9.17, 15) is 4.79 Å². The molecular formula is C11H13BrClN5O. The summed E-state index contributed by atoms with van der Waals surface area (Å²) in [4.78, 5) is 12.0. The van der Waals surface area contributed by atoms with Crippen LogP contribution >= 0.6 is 27.5 Å². The quantitative estimate of drug-likeness (QED) is 0.920. The number of rotatable bonds is 4. The fourth-order valence-electron chi connectivity index (χ4n) is 1.70. The first-order valence-corrected chi connectivity index (χ1v) is 6.87. The lowest BCUT2D eigenvalue weighted by Crippen LogP contribution is -2.25. The Hall–Kier alpha value is -1.34. The molecule has 2 aromatic heterocycles. The van der Waals surface area contributed by atoms with Gasteiger partial charge in [-0.3, -0.25) is 14.2 Å². The summed E-state index contributed by atoms with van der Waals surface area (Å²) in [5, 5.41) is 11.3. The average Bonchev–Trinajstić information content (AvgIpc) is 2.89. The number of carbonyl (C=O) groups excluding carboxylic acids is 1. The van der Waals surface area contributed by atoms with E-state index in [1.165, 1.54) is 4.68 Å². The first-order chi connectivity index (χ1) is 9.02. The van der Waals surface area contributed by atoms with E-state index in [2.05, 4.69) is 31.4 Å². The zero-order valence-corrected chi connectivity index (χ0v) is 12.9. The lowest BCUT2D eigenvalue weighted by molar-refractivity contribution is 0.0944. The molecule has 1 amide bonds. The molecule has 0 aliphatic carbocycles. The first kappa shape index (κ1) is 14.1. The second-order valence-electron chi connectivity index (χ2n) is 3.94. The van der Waals surface area contributed by atoms with Gasteiger partial charge in [-0.25, -0.2) is 0 Å². The lowest BCUT2D eigenvalue weighted by atomic mass is 10.3. The molecule has 2 rings (SSSR count). The monoisotopic (exact) mass is 345 g/mol. The molecule has 0 aliphatic heterocycles. The third-order valence-electron chi connectivity index (χ3n) is 2.61. The Balaban J connectivity index is 2.08. The van der Waals surface area contributed by atoms with E-state index in [0.29, 0.717) is 11.6 Å². The molecule has 1 N–H and O–H groups in total. The summed E-state index contributed by atoms with van der Waals surface area (Å²) < 4.78 is 4.18. The maximum atomic E-state index is 12.0. The summed E-state index contributed by atoms with van der Waals surface area (Å²) in [5.41, 5.74) is 1.13. The highest BCUT2D eigenvalue weighted by Gasteiger charge is 2.16. The number of amides is 1. The zero-order chi connectivity index (χ0) is 14.0. The van der Waals surface area contributed by atoms with Crippen molar-refractivity contribution in [1.82, 2.24) is 24.9 Å². The van der Waals surface area contributed by atoms with Crippen molar-refractivity contribution in [2.24, 2.45) is 7.05 Å². The minimum atomic E-state index is -0.304. The van der Waals surface area contributed by atoms with Gasteiger partial charge in [0.05, 0.1) is 27.9 Å². The molecular weight excluding hydrogens is 334 g/mol. The molecule has 0 fully saturated rings. The van der Waals surface area contributed by atoms with Crippen molar-refractivity contribution >= 4 is 33.4 Å². The second kappa shape index (κ2) is 5.75. The highest BCUT2D eigenvalue weighted by atomic mass is 79.9. The summed E-state index contributed by atoms with van der Waals surface area (Å²) in [6.07, 6.45) is 3.29. The second-order valence-corrected chi connectivity index (χ2v) is 5.20. The highest BCUT2D eigenvalue weighted by molar-refractivity contribution is 9.10. The molecule has 2 aromatic rings. The van der Waals surface area contributed by atoms with Crippen LogP contribution in [0, 0.1) is 0 Å². The number of hydrogen-bond acceptors (Lipinski definition) is 3. The summed E-state index contributed by atoms with van der Waals surface area (Å²) in [6, 6.07) is 0. The Morgan fingerprint density at radius 2 is 2.32 bits per heavy atom. The van der Waals surface area contributed by atoms with E-state index in [-0.39, 0.29) is 11.6 Å². The van der Waals surface area contributed by atoms with Crippen molar-refractivity contribution in [3.63, 3.8) is 0 Å². The van der Waals surface area contributed by atoms with Crippen molar-refractivity contribution in [2.75, 3.05) is 0 Å². The predicted molar refractivity (Wildman–Crippen MR) is 75.0 cm³/mol. The molecule has 0 spiro atoms. The Labute approximate surface area is 123 Å². The van der Waals surface area contributed by atoms with Crippen molar-refractivity contribution in [3.05, 3.63) is 33.3 Å². The van der Waals surface area contributed by atoms with Gasteiger partial charge in [-0.15, -0.1) is 0 Å². The van der Waals surface area contributed by atoms with Crippen LogP contribution in [0.1, 0.15) is 23.1 Å². The van der Waals surface area contributed by atoms with Gasteiger partial charge in [0.1, 0.15) is 0 Å². The van der Waals surface area contributed by atoms with Crippen LogP contribution in [-0.2, 0) is 20.1 Å². The van der Waals surface area contributed by atoms with Gasteiger partial charge in [0.15, 0.2) is 5.69 Å². The lowest BCUT2D eigenvalue weighted by Gasteiger charge is -2.07. The Kier molecular flexibility index (Phi) is 4.26. The summed E-state index contributed by atoms with van der Waals surface area (Å²) in [5.74, 6) is -0.304. The maximum Gasteiger partial charge on any atom is 0.273 e. The number of halogens is 2. The van der Waals surface area contributed by atoms with Crippen LogP contribution in [0.4, 0.5) is 0 Å². The molecule has 0 bridgehead atoms. The van der Waals surface area contributed by atoms with E-state index in [1.54, 1.807) is 19.4 Å². The largest absolute Gasteiger partial charge is 0.345 e. The van der Waals surface area contributed by atoms with Crippen LogP contribution in [0.3, 0.4) is 0 Å². The Morgan fingerprint density at radius 3 is 2.89 bits per heavy atom. The number of hydrogen-bond donors (Lipinski definition) is 1. The third kappa shape index (κ3) is 2.98. The van der Waals surface area contributed by atoms with Crippen LogP contribution < -0.4 is 5.32 Å². The molecule has 0 radical (unpaired) electrons. The molecule has 2 heterocycles. The smallest absolute Gasteiger partial charge is 0.273 e. The minimum absolute atomic E-state index is 0.225. The third-order valence-corrected chi connectivity index (χ3v) is 3.55. The Bertz CT molecular complexity index is 606. The minimum Gasteiger partial charge on any atom is -0.345 e. The fourth-order valence-corrected chi connectivity index (χ4v) is 2.40. The Morgan fingerprint density at radius 1 is 1.58 bits per heavy atom. The topological polar surface area (TPSA) is 64.7 Å². The first-order valence-electron chi connectivity index (χ1n) is 5.70. The number of aryl methyl sites for hydroxylation is 2. The normalized spacial score (nSPS) is 10.7. The van der Waals surface area contributed by atoms with Crippen molar-refractivity contribution in [1.29, 1.82) is 0 Å². The number of nitrogens with zero attached hydrogens (tertiary/aromatic N) is 4. The number of aromatic nitrogens is 4. The van der Waals surface area contributed by atoms with Crippen LogP contribution in [-0.4, -0.2) is 25.5 Å². The van der Waals surface area contributed by atoms with Crippen LogP contribution in [0.15, 0.2) is 16.9 Å². The van der Waals surface area contributed by atoms with Gasteiger partial charge in [-0.2, -0.15) is 10.2 Å². The summed E-state index contributed by atoms with van der Waals surface area (Å²) in [6.45, 7) is 3.09. The van der Waals surface area contributed by atoms with Crippen LogP contribution in [0.2, 0.25) is 5.02 Å². The highest BCUT2D eigenvalue weighted by Crippen LogP contribution is 2.17. The number of nitrogens with one attached hydrogen (secondary N) is 1. The van der Waals surface area contributed by atoms with E-state index in [4.69, 9.17) is 11.6 Å². The standard InChI is InChI=1S/C11H13BrClN5O/c1-3-18-9(7(12)4-15-18)5-14-11(19)10-8(13)6-17(2)16-10/h4,6H,3,5H2,1-2H3,(H,14,19). The van der Waals surface area contributed by atoms with Gasteiger partial charge >= 0.3 is 0 Å². The zero-order valence-electron chi connectivity index (χ0n) is 10.5. The van der Waals surface area contributed by atoms with Crippen LogP contribution in [0.5, 0.6) is 0 Å². The average molecular weight is 347 g/mol. The van der Waals surface area contributed by atoms with Crippen molar-refractivity contribution in [2.45, 2.75) is 20.0 Å². The van der Waals surface area contributed by atoms with Gasteiger partial charge in [0.25, 0.3) is 5.91 Å².